The minimum Gasteiger partial charge on any atom is -0.375 e. The fourth-order valence-corrected chi connectivity index (χ4v) is 8.50. The summed E-state index contributed by atoms with van der Waals surface area (Å²) in [5, 5.41) is 7.07. The molecule has 1 saturated carbocycles. The maximum Gasteiger partial charge on any atom is 0.242 e. The molecule has 9 heteroatoms. The van der Waals surface area contributed by atoms with Crippen LogP contribution < -0.4 is 10.6 Å². The SMILES string of the molecule is CN(C(=O)[C@H](Cc1cnc[nH]1)NC(c1ccccc1)(c1ccccc1)c1ccccc1)C(CC1CCC(OCc2ccccc2)CC1)C(=O)NCCOCc1ccccc1. The van der Waals surface area contributed by atoms with Gasteiger partial charge in [-0.25, -0.2) is 4.98 Å². The second-order valence-electron chi connectivity index (χ2n) is 15.8. The van der Waals surface area contributed by atoms with Crippen LogP contribution in [0.25, 0.3) is 0 Å². The maximum atomic E-state index is 15.3. The van der Waals surface area contributed by atoms with E-state index in [0.29, 0.717) is 39.2 Å². The first-order valence-corrected chi connectivity index (χ1v) is 21.2. The Morgan fingerprint density at radius 1 is 0.733 bits per heavy atom. The third kappa shape index (κ3) is 11.0. The first-order chi connectivity index (χ1) is 29.5. The lowest BCUT2D eigenvalue weighted by atomic mass is 9.76. The third-order valence-corrected chi connectivity index (χ3v) is 11.7. The summed E-state index contributed by atoms with van der Waals surface area (Å²) < 4.78 is 12.3. The summed E-state index contributed by atoms with van der Waals surface area (Å²) in [6, 6.07) is 49.6. The zero-order valence-electron chi connectivity index (χ0n) is 34.5. The molecule has 2 amide bonds. The van der Waals surface area contributed by atoms with E-state index in [0.717, 1.165) is 53.6 Å². The van der Waals surface area contributed by atoms with E-state index in [1.165, 1.54) is 5.56 Å². The van der Waals surface area contributed by atoms with E-state index in [2.05, 4.69) is 69.1 Å². The number of imidazole rings is 1. The van der Waals surface area contributed by atoms with Crippen molar-refractivity contribution < 1.29 is 19.1 Å². The smallest absolute Gasteiger partial charge is 0.242 e. The number of rotatable bonds is 20. The molecule has 9 nitrogen and oxygen atoms in total. The lowest BCUT2D eigenvalue weighted by Gasteiger charge is -2.41. The maximum absolute atomic E-state index is 15.3. The summed E-state index contributed by atoms with van der Waals surface area (Å²) in [4.78, 5) is 38.9. The molecule has 1 aliphatic carbocycles. The van der Waals surface area contributed by atoms with E-state index < -0.39 is 17.6 Å². The standard InChI is InChI=1S/C51H57N5O4/c1-56(48(49(57)53-31-32-59-36-40-17-7-2-8-18-40)33-39-27-29-46(30-28-39)60-37-41-19-9-3-10-20-41)50(58)47(34-45-35-52-38-54-45)55-51(42-21-11-4-12-22-42,43-23-13-5-14-24-43)44-25-15-6-16-26-44/h2-26,35,38-39,46-48,55H,27-34,36-37H2,1H3,(H,52,54)(H,53,57)/t39?,46?,47-,48?/m0/s1. The van der Waals surface area contributed by atoms with Crippen molar-refractivity contribution >= 4 is 11.8 Å². The molecule has 1 aliphatic rings. The number of hydrogen-bond acceptors (Lipinski definition) is 6. The predicted molar refractivity (Wildman–Crippen MR) is 236 cm³/mol. The summed E-state index contributed by atoms with van der Waals surface area (Å²) in [7, 11) is 1.78. The molecule has 310 valence electrons. The molecule has 0 aliphatic heterocycles. The van der Waals surface area contributed by atoms with Crippen LogP contribution in [0.4, 0.5) is 0 Å². The number of aromatic nitrogens is 2. The Balaban J connectivity index is 1.14. The van der Waals surface area contributed by atoms with E-state index in [9.17, 15) is 4.79 Å². The molecule has 1 unspecified atom stereocenters. The van der Waals surface area contributed by atoms with Gasteiger partial charge in [-0.1, -0.05) is 152 Å². The van der Waals surface area contributed by atoms with E-state index in [1.54, 1.807) is 24.5 Å². The first-order valence-electron chi connectivity index (χ1n) is 21.2. The second-order valence-corrected chi connectivity index (χ2v) is 15.8. The number of H-pyrrole nitrogens is 1. The van der Waals surface area contributed by atoms with Gasteiger partial charge < -0.3 is 24.7 Å². The van der Waals surface area contributed by atoms with Crippen molar-refractivity contribution in [3.8, 4) is 0 Å². The highest BCUT2D eigenvalue weighted by atomic mass is 16.5. The zero-order chi connectivity index (χ0) is 41.4. The molecular weight excluding hydrogens is 747 g/mol. The number of hydrogen-bond donors (Lipinski definition) is 3. The molecular formula is C51H57N5O4. The van der Waals surface area contributed by atoms with Crippen LogP contribution in [0, 0.1) is 5.92 Å². The van der Waals surface area contributed by atoms with Crippen molar-refractivity contribution in [2.75, 3.05) is 20.2 Å². The number of nitrogens with zero attached hydrogens (tertiary/aromatic N) is 2. The highest BCUT2D eigenvalue weighted by Gasteiger charge is 2.42. The first kappa shape index (κ1) is 42.3. The Bertz CT molecular complexity index is 2050. The van der Waals surface area contributed by atoms with Gasteiger partial charge in [-0.05, 0) is 65.8 Å². The van der Waals surface area contributed by atoms with Gasteiger partial charge in [0.25, 0.3) is 0 Å². The number of aromatic amines is 1. The van der Waals surface area contributed by atoms with Gasteiger partial charge in [0.2, 0.25) is 11.8 Å². The molecule has 60 heavy (non-hydrogen) atoms. The minimum absolute atomic E-state index is 0.167. The monoisotopic (exact) mass is 803 g/mol. The van der Waals surface area contributed by atoms with Crippen LogP contribution >= 0.6 is 0 Å². The fourth-order valence-electron chi connectivity index (χ4n) is 8.50. The lowest BCUT2D eigenvalue weighted by Crippen LogP contribution is -2.59. The average molecular weight is 804 g/mol. The Morgan fingerprint density at radius 3 is 1.77 bits per heavy atom. The van der Waals surface area contributed by atoms with Crippen LogP contribution in [0.3, 0.4) is 0 Å². The highest BCUT2D eigenvalue weighted by Crippen LogP contribution is 2.38. The molecule has 1 heterocycles. The molecule has 2 atom stereocenters. The van der Waals surface area contributed by atoms with Crippen molar-refractivity contribution in [1.82, 2.24) is 25.5 Å². The van der Waals surface area contributed by atoms with Crippen LogP contribution in [0.5, 0.6) is 0 Å². The Hall–Kier alpha value is -5.87. The van der Waals surface area contributed by atoms with Gasteiger partial charge in [0, 0.05) is 31.9 Å². The molecule has 0 radical (unpaired) electrons. The normalized spacial score (nSPS) is 16.4. The molecule has 7 rings (SSSR count). The van der Waals surface area contributed by atoms with E-state index in [4.69, 9.17) is 9.47 Å². The van der Waals surface area contributed by atoms with E-state index in [-0.39, 0.29) is 23.8 Å². The van der Waals surface area contributed by atoms with Crippen LogP contribution in [0.15, 0.2) is 164 Å². The Morgan fingerprint density at radius 2 is 1.25 bits per heavy atom. The molecule has 5 aromatic carbocycles. The Kier molecular flexibility index (Phi) is 15.1. The third-order valence-electron chi connectivity index (χ3n) is 11.7. The lowest BCUT2D eigenvalue weighted by molar-refractivity contribution is -0.141. The van der Waals surface area contributed by atoms with Gasteiger partial charge in [0.1, 0.15) is 6.04 Å². The molecule has 0 bridgehead atoms. The van der Waals surface area contributed by atoms with Crippen LogP contribution in [-0.4, -0.2) is 65.1 Å². The van der Waals surface area contributed by atoms with Gasteiger partial charge in [0.05, 0.1) is 43.8 Å². The van der Waals surface area contributed by atoms with Crippen molar-refractivity contribution in [2.45, 2.75) is 75.5 Å². The van der Waals surface area contributed by atoms with Crippen molar-refractivity contribution in [1.29, 1.82) is 0 Å². The molecule has 1 fully saturated rings. The van der Waals surface area contributed by atoms with Gasteiger partial charge in [-0.15, -0.1) is 0 Å². The van der Waals surface area contributed by atoms with Crippen LogP contribution in [-0.2, 0) is 44.2 Å². The molecule has 0 saturated heterocycles. The number of amides is 2. The highest BCUT2D eigenvalue weighted by molar-refractivity contribution is 5.90. The summed E-state index contributed by atoms with van der Waals surface area (Å²) >= 11 is 0. The Labute approximate surface area is 354 Å². The largest absolute Gasteiger partial charge is 0.375 e. The quantitative estimate of drug-likeness (QED) is 0.0531. The summed E-state index contributed by atoms with van der Waals surface area (Å²) in [6.07, 6.45) is 8.08. The van der Waals surface area contributed by atoms with Gasteiger partial charge in [-0.3, -0.25) is 14.9 Å². The molecule has 3 N–H and O–H groups in total. The van der Waals surface area contributed by atoms with Crippen molar-refractivity contribution in [3.05, 3.63) is 198 Å². The second kappa shape index (κ2) is 21.4. The number of carbonyl (C=O) groups excluding carboxylic acids is 2. The van der Waals surface area contributed by atoms with Crippen LogP contribution in [0.2, 0.25) is 0 Å². The molecule has 0 spiro atoms. The summed E-state index contributed by atoms with van der Waals surface area (Å²) in [5.41, 5.74) is 5.09. The van der Waals surface area contributed by atoms with Gasteiger partial charge >= 0.3 is 0 Å². The zero-order valence-corrected chi connectivity index (χ0v) is 34.5. The number of benzene rings is 5. The van der Waals surface area contributed by atoms with Crippen LogP contribution in [0.1, 0.15) is 65.6 Å². The van der Waals surface area contributed by atoms with E-state index in [1.807, 2.05) is 103 Å². The summed E-state index contributed by atoms with van der Waals surface area (Å²) in [6.45, 7) is 1.73. The fraction of sp³-hybridized carbons (Fsp3) is 0.314. The molecule has 1 aromatic heterocycles. The number of likely N-dealkylation sites (N-methyl/N-ethyl adjacent to an activating group) is 1. The van der Waals surface area contributed by atoms with Crippen molar-refractivity contribution in [3.63, 3.8) is 0 Å². The predicted octanol–water partition coefficient (Wildman–Crippen LogP) is 8.23. The van der Waals surface area contributed by atoms with Crippen molar-refractivity contribution in [2.24, 2.45) is 5.92 Å². The topological polar surface area (TPSA) is 109 Å². The number of carbonyl (C=O) groups is 2. The van der Waals surface area contributed by atoms with E-state index >= 15 is 4.79 Å². The number of ether oxygens (including phenoxy) is 2. The van der Waals surface area contributed by atoms with Gasteiger partial charge in [-0.2, -0.15) is 0 Å². The molecule has 6 aromatic rings. The minimum atomic E-state index is -0.920. The summed E-state index contributed by atoms with van der Waals surface area (Å²) in [5.74, 6) is -0.118. The van der Waals surface area contributed by atoms with Gasteiger partial charge in [0.15, 0.2) is 0 Å². The number of nitrogens with one attached hydrogen (secondary N) is 3. The average Bonchev–Trinajstić information content (AvgIpc) is 3.83.